The molecular weight excluding hydrogens is 278 g/mol. The number of para-hydroxylation sites is 1. The number of hydrogen-bond acceptors (Lipinski definition) is 3. The van der Waals surface area contributed by atoms with E-state index in [-0.39, 0.29) is 0 Å². The molecule has 112 valence electrons. The highest BCUT2D eigenvalue weighted by Crippen LogP contribution is 2.37. The van der Waals surface area contributed by atoms with Gasteiger partial charge < -0.3 is 10.2 Å². The first-order valence-corrected chi connectivity index (χ1v) is 7.90. The number of rotatable bonds is 4. The summed E-state index contributed by atoms with van der Waals surface area (Å²) in [5.74, 6) is -1.89. The van der Waals surface area contributed by atoms with Crippen molar-refractivity contribution in [3.8, 4) is 0 Å². The lowest BCUT2D eigenvalue weighted by atomic mass is 9.87. The minimum absolute atomic E-state index is 0.334. The number of alkyl halides is 2. The number of halogens is 2. The number of nitrogens with one attached hydrogen (secondary N) is 1. The normalized spacial score (nSPS) is 27.1. The van der Waals surface area contributed by atoms with Crippen LogP contribution in [-0.4, -0.2) is 31.4 Å². The van der Waals surface area contributed by atoms with Crippen LogP contribution < -0.4 is 10.2 Å². The summed E-state index contributed by atoms with van der Waals surface area (Å²) in [5.41, 5.74) is 0.937. The quantitative estimate of drug-likeness (QED) is 0.851. The second-order valence-electron chi connectivity index (χ2n) is 5.32. The van der Waals surface area contributed by atoms with E-state index < -0.39 is 5.76 Å². The number of benzene rings is 1. The SMILES string of the molecule is CNC1CCN(c2ccccc2SC(F)F)C(C)C1C. The van der Waals surface area contributed by atoms with E-state index in [1.165, 1.54) is 0 Å². The molecule has 5 heteroatoms. The largest absolute Gasteiger partial charge is 0.368 e. The lowest BCUT2D eigenvalue weighted by Crippen LogP contribution is -2.52. The van der Waals surface area contributed by atoms with Crippen LogP contribution in [0, 0.1) is 5.92 Å². The monoisotopic (exact) mass is 300 g/mol. The molecule has 3 unspecified atom stereocenters. The Balaban J connectivity index is 2.23. The molecule has 20 heavy (non-hydrogen) atoms. The molecule has 0 amide bonds. The van der Waals surface area contributed by atoms with E-state index in [2.05, 4.69) is 24.1 Å². The van der Waals surface area contributed by atoms with E-state index in [1.807, 2.05) is 25.2 Å². The molecule has 1 aromatic rings. The predicted molar refractivity (Wildman–Crippen MR) is 81.7 cm³/mol. The van der Waals surface area contributed by atoms with Crippen LogP contribution >= 0.6 is 11.8 Å². The van der Waals surface area contributed by atoms with Crippen LogP contribution in [0.3, 0.4) is 0 Å². The average molecular weight is 300 g/mol. The van der Waals surface area contributed by atoms with Gasteiger partial charge in [-0.1, -0.05) is 30.8 Å². The van der Waals surface area contributed by atoms with E-state index in [9.17, 15) is 8.78 Å². The Bertz CT molecular complexity index is 442. The summed E-state index contributed by atoms with van der Waals surface area (Å²) >= 11 is 0.638. The lowest BCUT2D eigenvalue weighted by Gasteiger charge is -2.44. The summed E-state index contributed by atoms with van der Waals surface area (Å²) in [6.45, 7) is 5.30. The summed E-state index contributed by atoms with van der Waals surface area (Å²) in [6, 6.07) is 8.31. The maximum Gasteiger partial charge on any atom is 0.288 e. The molecule has 3 atom stereocenters. The van der Waals surface area contributed by atoms with Gasteiger partial charge in [-0.3, -0.25) is 0 Å². The lowest BCUT2D eigenvalue weighted by molar-refractivity contribution is 0.252. The maximum absolute atomic E-state index is 12.7. The molecule has 1 fully saturated rings. The molecule has 0 aliphatic carbocycles. The fourth-order valence-electron chi connectivity index (χ4n) is 3.00. The summed E-state index contributed by atoms with van der Waals surface area (Å²) in [5, 5.41) is 3.35. The van der Waals surface area contributed by atoms with Crippen LogP contribution in [0.25, 0.3) is 0 Å². The highest BCUT2D eigenvalue weighted by atomic mass is 32.2. The van der Waals surface area contributed by atoms with Crippen molar-refractivity contribution in [3.05, 3.63) is 24.3 Å². The van der Waals surface area contributed by atoms with Gasteiger partial charge in [0.2, 0.25) is 0 Å². The molecule has 0 bridgehead atoms. The maximum atomic E-state index is 12.7. The molecule has 0 radical (unpaired) electrons. The third kappa shape index (κ3) is 3.26. The Kier molecular flexibility index (Phi) is 5.27. The van der Waals surface area contributed by atoms with Gasteiger partial charge in [-0.2, -0.15) is 8.78 Å². The van der Waals surface area contributed by atoms with Crippen molar-refractivity contribution >= 4 is 17.4 Å². The Morgan fingerprint density at radius 1 is 1.30 bits per heavy atom. The standard InChI is InChI=1S/C15H22F2N2S/c1-10-11(2)19(9-8-12(10)18-3)13-6-4-5-7-14(13)20-15(16)17/h4-7,10-12,15,18H,8-9H2,1-3H3. The van der Waals surface area contributed by atoms with Gasteiger partial charge in [0.25, 0.3) is 5.76 Å². The Hall–Kier alpha value is -0.810. The fourth-order valence-corrected chi connectivity index (χ4v) is 3.66. The Morgan fingerprint density at radius 3 is 2.65 bits per heavy atom. The molecule has 1 aliphatic rings. The van der Waals surface area contributed by atoms with Crippen molar-refractivity contribution in [2.75, 3.05) is 18.5 Å². The minimum Gasteiger partial charge on any atom is -0.368 e. The van der Waals surface area contributed by atoms with Crippen molar-refractivity contribution in [1.29, 1.82) is 0 Å². The molecule has 2 nitrogen and oxygen atoms in total. The van der Waals surface area contributed by atoms with Crippen LogP contribution in [-0.2, 0) is 0 Å². The number of anilines is 1. The first-order valence-electron chi connectivity index (χ1n) is 7.02. The minimum atomic E-state index is -2.38. The number of piperidine rings is 1. The van der Waals surface area contributed by atoms with Crippen LogP contribution in [0.1, 0.15) is 20.3 Å². The van der Waals surface area contributed by atoms with E-state index >= 15 is 0 Å². The molecule has 1 aliphatic heterocycles. The topological polar surface area (TPSA) is 15.3 Å². The molecule has 0 spiro atoms. The van der Waals surface area contributed by atoms with Crippen LogP contribution in [0.15, 0.2) is 29.2 Å². The van der Waals surface area contributed by atoms with Gasteiger partial charge in [0, 0.05) is 23.5 Å². The molecule has 1 saturated heterocycles. The molecular formula is C15H22F2N2S. The van der Waals surface area contributed by atoms with Crippen molar-refractivity contribution in [2.24, 2.45) is 5.92 Å². The smallest absolute Gasteiger partial charge is 0.288 e. The van der Waals surface area contributed by atoms with Crippen molar-refractivity contribution < 1.29 is 8.78 Å². The van der Waals surface area contributed by atoms with Crippen molar-refractivity contribution in [2.45, 2.75) is 43.0 Å². The van der Waals surface area contributed by atoms with E-state index in [4.69, 9.17) is 0 Å². The number of hydrogen-bond donors (Lipinski definition) is 1. The number of nitrogens with zero attached hydrogens (tertiary/aromatic N) is 1. The van der Waals surface area contributed by atoms with Gasteiger partial charge in [-0.15, -0.1) is 0 Å². The molecule has 0 saturated carbocycles. The highest BCUT2D eigenvalue weighted by Gasteiger charge is 2.32. The summed E-state index contributed by atoms with van der Waals surface area (Å²) in [6.07, 6.45) is 1.04. The van der Waals surface area contributed by atoms with Crippen LogP contribution in [0.2, 0.25) is 0 Å². The summed E-state index contributed by atoms with van der Waals surface area (Å²) < 4.78 is 25.4. The molecule has 1 aromatic carbocycles. The fraction of sp³-hybridized carbons (Fsp3) is 0.600. The second kappa shape index (κ2) is 6.76. The molecule has 2 rings (SSSR count). The van der Waals surface area contributed by atoms with Gasteiger partial charge in [0.1, 0.15) is 0 Å². The van der Waals surface area contributed by atoms with Gasteiger partial charge in [-0.05, 0) is 38.4 Å². The first-order chi connectivity index (χ1) is 9.54. The van der Waals surface area contributed by atoms with Gasteiger partial charge in [0.15, 0.2) is 0 Å². The number of thioether (sulfide) groups is 1. The summed E-state index contributed by atoms with van der Waals surface area (Å²) in [7, 11) is 1.99. The van der Waals surface area contributed by atoms with Crippen LogP contribution in [0.4, 0.5) is 14.5 Å². The van der Waals surface area contributed by atoms with Crippen LogP contribution in [0.5, 0.6) is 0 Å². The van der Waals surface area contributed by atoms with Crippen molar-refractivity contribution in [1.82, 2.24) is 5.32 Å². The summed E-state index contributed by atoms with van der Waals surface area (Å²) in [4.78, 5) is 2.94. The zero-order valence-electron chi connectivity index (χ0n) is 12.1. The van der Waals surface area contributed by atoms with Gasteiger partial charge in [0.05, 0.1) is 5.69 Å². The first kappa shape index (κ1) is 15.6. The zero-order chi connectivity index (χ0) is 14.7. The third-order valence-corrected chi connectivity index (χ3v) is 5.11. The second-order valence-corrected chi connectivity index (χ2v) is 6.36. The zero-order valence-corrected chi connectivity index (χ0v) is 13.0. The Morgan fingerprint density at radius 2 is 2.00 bits per heavy atom. The third-order valence-electron chi connectivity index (χ3n) is 4.33. The van der Waals surface area contributed by atoms with Crippen molar-refractivity contribution in [3.63, 3.8) is 0 Å². The van der Waals surface area contributed by atoms with Gasteiger partial charge >= 0.3 is 0 Å². The van der Waals surface area contributed by atoms with E-state index in [0.29, 0.717) is 34.7 Å². The average Bonchev–Trinajstić information content (AvgIpc) is 2.42. The molecule has 1 N–H and O–H groups in total. The predicted octanol–water partition coefficient (Wildman–Crippen LogP) is 3.82. The molecule has 0 aromatic heterocycles. The van der Waals surface area contributed by atoms with E-state index in [1.54, 1.807) is 6.07 Å². The Labute approximate surface area is 123 Å². The van der Waals surface area contributed by atoms with Gasteiger partial charge in [-0.25, -0.2) is 0 Å². The molecule has 1 heterocycles. The highest BCUT2D eigenvalue weighted by molar-refractivity contribution is 7.99. The van der Waals surface area contributed by atoms with E-state index in [0.717, 1.165) is 18.7 Å².